The molecule has 1 aliphatic heterocycles. The van der Waals surface area contributed by atoms with Crippen molar-refractivity contribution in [3.05, 3.63) is 83.2 Å². The number of hydrogen-bond donors (Lipinski definition) is 1. The summed E-state index contributed by atoms with van der Waals surface area (Å²) in [6, 6.07) is 18.6. The predicted octanol–water partition coefficient (Wildman–Crippen LogP) is 4.80. The number of carbonyl (C=O) groups excluding carboxylic acids is 1. The van der Waals surface area contributed by atoms with E-state index in [9.17, 15) is 4.79 Å². The van der Waals surface area contributed by atoms with E-state index < -0.39 is 0 Å². The van der Waals surface area contributed by atoms with E-state index in [1.165, 1.54) is 11.1 Å². The molecule has 0 fully saturated rings. The minimum atomic E-state index is -0.0202. The third kappa shape index (κ3) is 2.19. The molecule has 3 nitrogen and oxygen atoms in total. The van der Waals surface area contributed by atoms with Gasteiger partial charge in [0, 0.05) is 40.9 Å². The minimum absolute atomic E-state index is 0.0202. The molecule has 3 aromatic rings. The van der Waals surface area contributed by atoms with Crippen LogP contribution in [0.4, 0.5) is 5.69 Å². The Balaban J connectivity index is 1.85. The molecule has 1 atom stereocenters. The van der Waals surface area contributed by atoms with Crippen LogP contribution in [0.3, 0.4) is 0 Å². The fourth-order valence-corrected chi connectivity index (χ4v) is 4.21. The number of fused-ring (bicyclic) bond motifs is 3. The Kier molecular flexibility index (Phi) is 3.20. The summed E-state index contributed by atoms with van der Waals surface area (Å²) >= 11 is 0. The minimum Gasteiger partial charge on any atom is -0.358 e. The normalized spacial score (nSPS) is 19.4. The first kappa shape index (κ1) is 14.4. The molecule has 0 bridgehead atoms. The van der Waals surface area contributed by atoms with Crippen LogP contribution in [0.2, 0.25) is 0 Å². The van der Waals surface area contributed by atoms with Crippen molar-refractivity contribution >= 4 is 22.4 Å². The highest BCUT2D eigenvalue weighted by Crippen LogP contribution is 2.47. The second kappa shape index (κ2) is 5.55. The molecular weight excluding hydrogens is 308 g/mol. The first-order valence-corrected chi connectivity index (χ1v) is 8.79. The van der Waals surface area contributed by atoms with Crippen molar-refractivity contribution < 1.29 is 4.79 Å². The van der Waals surface area contributed by atoms with E-state index in [0.717, 1.165) is 40.7 Å². The number of ketones is 1. The van der Waals surface area contributed by atoms with E-state index in [4.69, 9.17) is 0 Å². The van der Waals surface area contributed by atoms with Gasteiger partial charge >= 0.3 is 0 Å². The number of nitrogens with one attached hydrogen (secondary N) is 1. The van der Waals surface area contributed by atoms with Crippen molar-refractivity contribution in [2.45, 2.75) is 25.2 Å². The lowest BCUT2D eigenvalue weighted by Gasteiger charge is -2.34. The topological polar surface area (TPSA) is 42.0 Å². The van der Waals surface area contributed by atoms with Crippen LogP contribution in [0.1, 0.15) is 36.3 Å². The summed E-state index contributed by atoms with van der Waals surface area (Å²) in [6.45, 7) is 0. The number of pyridine rings is 1. The Morgan fingerprint density at radius 2 is 1.84 bits per heavy atom. The number of benzene rings is 2. The Bertz CT molecular complexity index is 1020. The largest absolute Gasteiger partial charge is 0.358 e. The number of anilines is 1. The van der Waals surface area contributed by atoms with Crippen LogP contribution in [0.5, 0.6) is 0 Å². The second-order valence-corrected chi connectivity index (χ2v) is 6.73. The van der Waals surface area contributed by atoms with Gasteiger partial charge in [-0.3, -0.25) is 9.78 Å². The van der Waals surface area contributed by atoms with Crippen LogP contribution in [0, 0.1) is 0 Å². The molecule has 25 heavy (non-hydrogen) atoms. The Hall–Kier alpha value is -2.94. The van der Waals surface area contributed by atoms with Crippen molar-refractivity contribution in [2.75, 3.05) is 5.32 Å². The molecule has 0 amide bonds. The van der Waals surface area contributed by atoms with Crippen LogP contribution in [0.15, 0.2) is 72.1 Å². The van der Waals surface area contributed by atoms with Crippen molar-refractivity contribution in [2.24, 2.45) is 0 Å². The third-order valence-corrected chi connectivity index (χ3v) is 5.28. The Morgan fingerprint density at radius 1 is 0.960 bits per heavy atom. The average molecular weight is 326 g/mol. The molecule has 2 aliphatic rings. The molecular formula is C22H18N2O. The van der Waals surface area contributed by atoms with E-state index in [1.54, 1.807) is 0 Å². The summed E-state index contributed by atoms with van der Waals surface area (Å²) in [5.74, 6) is 0.252. The molecule has 3 heteroatoms. The van der Waals surface area contributed by atoms with Gasteiger partial charge in [0.25, 0.3) is 0 Å². The van der Waals surface area contributed by atoms with Gasteiger partial charge in [0.1, 0.15) is 0 Å². The molecule has 1 aliphatic carbocycles. The molecule has 122 valence electrons. The quantitative estimate of drug-likeness (QED) is 0.698. The molecule has 0 saturated carbocycles. The highest BCUT2D eigenvalue weighted by atomic mass is 16.1. The molecule has 5 rings (SSSR count). The summed E-state index contributed by atoms with van der Waals surface area (Å²) in [7, 11) is 0. The van der Waals surface area contributed by atoms with Crippen LogP contribution < -0.4 is 5.32 Å². The number of allylic oxidation sites excluding steroid dienone is 2. The SMILES string of the molecule is O=C1CCCC2=C1C(c1ccccc1)c1c(ccc3ncccc13)N2. The van der Waals surface area contributed by atoms with E-state index in [-0.39, 0.29) is 11.7 Å². The highest BCUT2D eigenvalue weighted by molar-refractivity contribution is 6.03. The lowest BCUT2D eigenvalue weighted by Crippen LogP contribution is -2.27. The van der Waals surface area contributed by atoms with E-state index in [2.05, 4.69) is 40.6 Å². The first-order valence-electron chi connectivity index (χ1n) is 8.79. The van der Waals surface area contributed by atoms with Crippen molar-refractivity contribution in [1.82, 2.24) is 4.98 Å². The third-order valence-electron chi connectivity index (χ3n) is 5.28. The van der Waals surface area contributed by atoms with Gasteiger partial charge in [-0.2, -0.15) is 0 Å². The zero-order chi connectivity index (χ0) is 16.8. The molecule has 1 aromatic heterocycles. The predicted molar refractivity (Wildman–Crippen MR) is 99.5 cm³/mol. The maximum absolute atomic E-state index is 12.8. The van der Waals surface area contributed by atoms with E-state index >= 15 is 0 Å². The summed E-state index contributed by atoms with van der Waals surface area (Å²) in [5, 5.41) is 4.67. The first-order chi connectivity index (χ1) is 12.3. The molecule has 0 saturated heterocycles. The van der Waals surface area contributed by atoms with Crippen LogP contribution in [-0.4, -0.2) is 10.8 Å². The fourth-order valence-electron chi connectivity index (χ4n) is 4.21. The standard InChI is InChI=1S/C22H18N2O/c25-19-10-4-9-17-22(19)20(14-6-2-1-3-7-14)21-15-8-5-13-23-16(15)11-12-18(21)24-17/h1-3,5-8,11-13,20,24H,4,9-10H2. The summed E-state index contributed by atoms with van der Waals surface area (Å²) in [6.07, 6.45) is 4.33. The number of hydrogen-bond acceptors (Lipinski definition) is 3. The number of nitrogens with zero attached hydrogens (tertiary/aromatic N) is 1. The monoisotopic (exact) mass is 326 g/mol. The number of Topliss-reactive ketones (excluding diaryl/α,β-unsaturated/α-hetero) is 1. The van der Waals surface area contributed by atoms with Crippen LogP contribution in [0.25, 0.3) is 10.9 Å². The molecule has 1 unspecified atom stereocenters. The Morgan fingerprint density at radius 3 is 2.72 bits per heavy atom. The van der Waals surface area contributed by atoms with Gasteiger partial charge in [0.15, 0.2) is 5.78 Å². The van der Waals surface area contributed by atoms with Gasteiger partial charge in [-0.1, -0.05) is 36.4 Å². The van der Waals surface area contributed by atoms with Crippen LogP contribution >= 0.6 is 0 Å². The molecule has 2 aromatic carbocycles. The molecule has 2 heterocycles. The molecule has 0 spiro atoms. The summed E-state index contributed by atoms with van der Waals surface area (Å²) in [5.41, 5.74) is 6.45. The van der Waals surface area contributed by atoms with E-state index in [0.29, 0.717) is 6.42 Å². The van der Waals surface area contributed by atoms with Gasteiger partial charge in [-0.05, 0) is 42.2 Å². The van der Waals surface area contributed by atoms with E-state index in [1.807, 2.05) is 30.5 Å². The lowest BCUT2D eigenvalue weighted by molar-refractivity contribution is -0.116. The second-order valence-electron chi connectivity index (χ2n) is 6.73. The number of aromatic nitrogens is 1. The zero-order valence-corrected chi connectivity index (χ0v) is 13.8. The van der Waals surface area contributed by atoms with Gasteiger partial charge < -0.3 is 5.32 Å². The fraction of sp³-hybridized carbons (Fsp3) is 0.182. The maximum atomic E-state index is 12.8. The van der Waals surface area contributed by atoms with Gasteiger partial charge in [-0.25, -0.2) is 0 Å². The van der Waals surface area contributed by atoms with Crippen molar-refractivity contribution in [3.63, 3.8) is 0 Å². The van der Waals surface area contributed by atoms with Gasteiger partial charge in [0.05, 0.1) is 5.52 Å². The average Bonchev–Trinajstić information content (AvgIpc) is 2.67. The van der Waals surface area contributed by atoms with Crippen molar-refractivity contribution in [1.29, 1.82) is 0 Å². The highest BCUT2D eigenvalue weighted by Gasteiger charge is 2.35. The molecule has 0 radical (unpaired) electrons. The summed E-state index contributed by atoms with van der Waals surface area (Å²) in [4.78, 5) is 17.4. The maximum Gasteiger partial charge on any atom is 0.161 e. The van der Waals surface area contributed by atoms with Gasteiger partial charge in [-0.15, -0.1) is 0 Å². The zero-order valence-electron chi connectivity index (χ0n) is 13.8. The smallest absolute Gasteiger partial charge is 0.161 e. The lowest BCUT2D eigenvalue weighted by atomic mass is 9.74. The van der Waals surface area contributed by atoms with Crippen LogP contribution in [-0.2, 0) is 4.79 Å². The van der Waals surface area contributed by atoms with Gasteiger partial charge in [0.2, 0.25) is 0 Å². The summed E-state index contributed by atoms with van der Waals surface area (Å²) < 4.78 is 0. The number of rotatable bonds is 1. The Labute approximate surface area is 146 Å². The molecule has 1 N–H and O–H groups in total. The number of carbonyl (C=O) groups is 1. The van der Waals surface area contributed by atoms with Crippen molar-refractivity contribution in [3.8, 4) is 0 Å².